The smallest absolute Gasteiger partial charge is 0.153 e. The zero-order valence-electron chi connectivity index (χ0n) is 16.5. The molecule has 1 aliphatic carbocycles. The van der Waals surface area contributed by atoms with Gasteiger partial charge in [-0.2, -0.15) is 5.10 Å². The summed E-state index contributed by atoms with van der Waals surface area (Å²) < 4.78 is 27.5. The number of anilines is 3. The van der Waals surface area contributed by atoms with Gasteiger partial charge in [0.25, 0.3) is 0 Å². The molecule has 1 unspecified atom stereocenters. The van der Waals surface area contributed by atoms with Crippen molar-refractivity contribution in [2.75, 3.05) is 10.6 Å². The lowest BCUT2D eigenvalue weighted by Crippen LogP contribution is -2.14. The van der Waals surface area contributed by atoms with Gasteiger partial charge in [-0.1, -0.05) is 19.9 Å². The van der Waals surface area contributed by atoms with Gasteiger partial charge in [-0.25, -0.2) is 18.7 Å². The molecular weight excluding hydrogens is 374 g/mol. The molecule has 3 N–H and O–H groups in total. The maximum atomic E-state index is 14.2. The molecule has 29 heavy (non-hydrogen) atoms. The van der Waals surface area contributed by atoms with E-state index in [2.05, 4.69) is 30.8 Å². The number of aromatic nitrogens is 4. The quantitative estimate of drug-likeness (QED) is 0.485. The fraction of sp³-hybridized carbons (Fsp3) is 0.381. The summed E-state index contributed by atoms with van der Waals surface area (Å²) in [6.07, 6.45) is 3.66. The fourth-order valence-electron chi connectivity index (χ4n) is 3.29. The second-order valence-corrected chi connectivity index (χ2v) is 7.29. The molecule has 1 atom stereocenters. The summed E-state index contributed by atoms with van der Waals surface area (Å²) in [5, 5.41) is 13.8. The van der Waals surface area contributed by atoms with Crippen molar-refractivity contribution in [2.45, 2.75) is 51.5 Å². The summed E-state index contributed by atoms with van der Waals surface area (Å²) >= 11 is 0. The Bertz CT molecular complexity index is 999. The molecule has 152 valence electrons. The normalized spacial score (nSPS) is 14.6. The molecule has 1 aliphatic rings. The number of hydrogen-bond acceptors (Lipinski definition) is 5. The Labute approximate surface area is 168 Å². The standard InChI is InChI=1S/C21H24F2N6/c1-3-16(14-8-7-13(22)9-15(14)23)24-19-11-20(26-18(4-2)25-19)27-21-10-17(28-29-21)12-5-6-12/h7-12,16H,3-6H2,1-2H3,(H3,24,25,26,27,28,29). The first-order chi connectivity index (χ1) is 14.1. The summed E-state index contributed by atoms with van der Waals surface area (Å²) in [7, 11) is 0. The minimum absolute atomic E-state index is 0.338. The number of rotatable bonds is 8. The second kappa shape index (κ2) is 8.14. The molecule has 0 radical (unpaired) electrons. The van der Waals surface area contributed by atoms with Crippen LogP contribution in [0.1, 0.15) is 62.2 Å². The van der Waals surface area contributed by atoms with E-state index in [4.69, 9.17) is 0 Å². The lowest BCUT2D eigenvalue weighted by Gasteiger charge is -2.19. The van der Waals surface area contributed by atoms with Crippen molar-refractivity contribution in [1.29, 1.82) is 0 Å². The van der Waals surface area contributed by atoms with E-state index in [1.54, 1.807) is 6.07 Å². The van der Waals surface area contributed by atoms with Crippen molar-refractivity contribution in [1.82, 2.24) is 20.2 Å². The van der Waals surface area contributed by atoms with Gasteiger partial charge in [-0.3, -0.25) is 5.10 Å². The SMILES string of the molecule is CCc1nc(Nc2cc(C3CC3)[nH]n2)cc(NC(CC)c2ccc(F)cc2F)n1. The van der Waals surface area contributed by atoms with E-state index in [-0.39, 0.29) is 6.04 Å². The number of halogens is 2. The number of aromatic amines is 1. The van der Waals surface area contributed by atoms with Crippen LogP contribution in [0.5, 0.6) is 0 Å². The molecule has 0 saturated heterocycles. The van der Waals surface area contributed by atoms with Crippen LogP contribution in [0.25, 0.3) is 0 Å². The van der Waals surface area contributed by atoms with Gasteiger partial charge < -0.3 is 10.6 Å². The number of hydrogen-bond donors (Lipinski definition) is 3. The van der Waals surface area contributed by atoms with Crippen molar-refractivity contribution in [2.24, 2.45) is 0 Å². The third-order valence-corrected chi connectivity index (χ3v) is 5.03. The number of H-pyrrole nitrogens is 1. The Morgan fingerprint density at radius 1 is 1.07 bits per heavy atom. The Morgan fingerprint density at radius 2 is 1.86 bits per heavy atom. The molecule has 0 amide bonds. The summed E-state index contributed by atoms with van der Waals surface area (Å²) in [5.41, 5.74) is 1.54. The summed E-state index contributed by atoms with van der Waals surface area (Å²) in [5.74, 6) is 1.97. The van der Waals surface area contributed by atoms with Gasteiger partial charge in [0.15, 0.2) is 5.82 Å². The van der Waals surface area contributed by atoms with Crippen molar-refractivity contribution >= 4 is 17.5 Å². The number of nitrogens with zero attached hydrogens (tertiary/aromatic N) is 3. The van der Waals surface area contributed by atoms with Gasteiger partial charge in [-0.15, -0.1) is 0 Å². The molecule has 2 heterocycles. The predicted molar refractivity (Wildman–Crippen MR) is 108 cm³/mol. The third-order valence-electron chi connectivity index (χ3n) is 5.03. The van der Waals surface area contributed by atoms with Gasteiger partial charge in [0, 0.05) is 41.8 Å². The van der Waals surface area contributed by atoms with Crippen LogP contribution in [-0.2, 0) is 6.42 Å². The lowest BCUT2D eigenvalue weighted by molar-refractivity contribution is 0.558. The summed E-state index contributed by atoms with van der Waals surface area (Å²) in [6, 6.07) is 7.07. The second-order valence-electron chi connectivity index (χ2n) is 7.29. The van der Waals surface area contributed by atoms with E-state index < -0.39 is 11.6 Å². The first-order valence-electron chi connectivity index (χ1n) is 9.97. The number of aryl methyl sites for hydroxylation is 1. The Hall–Kier alpha value is -3.03. The predicted octanol–water partition coefficient (Wildman–Crippen LogP) is 5.22. The van der Waals surface area contributed by atoms with Gasteiger partial charge in [0.05, 0.1) is 6.04 Å². The zero-order chi connectivity index (χ0) is 20.4. The van der Waals surface area contributed by atoms with Gasteiger partial charge in [0.2, 0.25) is 0 Å². The molecule has 1 aromatic carbocycles. The van der Waals surface area contributed by atoms with Crippen molar-refractivity contribution in [3.05, 3.63) is 59.0 Å². The van der Waals surface area contributed by atoms with Crippen molar-refractivity contribution in [3.8, 4) is 0 Å². The molecule has 1 saturated carbocycles. The topological polar surface area (TPSA) is 78.5 Å². The minimum Gasteiger partial charge on any atom is -0.363 e. The Balaban J connectivity index is 1.56. The van der Waals surface area contributed by atoms with Crippen molar-refractivity contribution < 1.29 is 8.78 Å². The molecule has 1 fully saturated rings. The highest BCUT2D eigenvalue weighted by Gasteiger charge is 2.25. The molecule has 6 nitrogen and oxygen atoms in total. The van der Waals surface area contributed by atoms with Crippen LogP contribution in [0, 0.1) is 11.6 Å². The number of benzene rings is 1. The summed E-state index contributed by atoms with van der Waals surface area (Å²) in [4.78, 5) is 9.02. The molecular formula is C21H24F2N6. The van der Waals surface area contributed by atoms with Crippen LogP contribution in [0.2, 0.25) is 0 Å². The molecule has 8 heteroatoms. The van der Waals surface area contributed by atoms with Crippen LogP contribution >= 0.6 is 0 Å². The molecule has 0 aliphatic heterocycles. The maximum Gasteiger partial charge on any atom is 0.153 e. The van der Waals surface area contributed by atoms with Crippen LogP contribution in [0.3, 0.4) is 0 Å². The monoisotopic (exact) mass is 398 g/mol. The molecule has 0 bridgehead atoms. The highest BCUT2D eigenvalue weighted by Crippen LogP contribution is 2.39. The van der Waals surface area contributed by atoms with E-state index in [9.17, 15) is 8.78 Å². The van der Waals surface area contributed by atoms with Gasteiger partial charge in [0.1, 0.15) is 29.1 Å². The van der Waals surface area contributed by atoms with Gasteiger partial charge in [-0.05, 0) is 25.3 Å². The minimum atomic E-state index is -0.590. The largest absolute Gasteiger partial charge is 0.363 e. The first-order valence-corrected chi connectivity index (χ1v) is 9.97. The average Bonchev–Trinajstić information content (AvgIpc) is 3.46. The molecule has 4 rings (SSSR count). The van der Waals surface area contributed by atoms with E-state index in [1.165, 1.54) is 25.0 Å². The van der Waals surface area contributed by atoms with Crippen LogP contribution < -0.4 is 10.6 Å². The van der Waals surface area contributed by atoms with E-state index in [0.717, 1.165) is 11.8 Å². The number of nitrogens with one attached hydrogen (secondary N) is 3. The molecule has 0 spiro atoms. The van der Waals surface area contributed by atoms with Crippen LogP contribution in [-0.4, -0.2) is 20.2 Å². The highest BCUT2D eigenvalue weighted by atomic mass is 19.1. The Morgan fingerprint density at radius 3 is 2.55 bits per heavy atom. The lowest BCUT2D eigenvalue weighted by atomic mass is 10.0. The average molecular weight is 398 g/mol. The molecule has 2 aromatic heterocycles. The van der Waals surface area contributed by atoms with E-state index in [1.807, 2.05) is 19.9 Å². The van der Waals surface area contributed by atoms with E-state index >= 15 is 0 Å². The van der Waals surface area contributed by atoms with E-state index in [0.29, 0.717) is 47.6 Å². The third kappa shape index (κ3) is 4.52. The fourth-order valence-corrected chi connectivity index (χ4v) is 3.29. The maximum absolute atomic E-state index is 14.2. The first kappa shape index (κ1) is 19.3. The highest BCUT2D eigenvalue weighted by molar-refractivity contribution is 5.57. The zero-order valence-corrected chi connectivity index (χ0v) is 16.5. The van der Waals surface area contributed by atoms with Crippen LogP contribution in [0.4, 0.5) is 26.2 Å². The van der Waals surface area contributed by atoms with Gasteiger partial charge >= 0.3 is 0 Å². The Kier molecular flexibility index (Phi) is 5.42. The summed E-state index contributed by atoms with van der Waals surface area (Å²) in [6.45, 7) is 3.91. The molecule has 3 aromatic rings. The van der Waals surface area contributed by atoms with Crippen molar-refractivity contribution in [3.63, 3.8) is 0 Å². The van der Waals surface area contributed by atoms with Crippen LogP contribution in [0.15, 0.2) is 30.3 Å².